The second kappa shape index (κ2) is 5.79. The number of aromatic nitrogens is 2. The molecule has 0 aromatic carbocycles. The molecule has 1 radical (unpaired) electrons. The van der Waals surface area contributed by atoms with Gasteiger partial charge in [-0.25, -0.2) is 4.98 Å². The average molecular weight is 179 g/mol. The third-order valence-corrected chi connectivity index (χ3v) is 2.39. The molecule has 1 aromatic rings. The predicted molar refractivity (Wildman–Crippen MR) is 55.3 cm³/mol. The van der Waals surface area contributed by atoms with Gasteiger partial charge in [-0.3, -0.25) is 0 Å². The van der Waals surface area contributed by atoms with Crippen LogP contribution >= 0.6 is 0 Å². The van der Waals surface area contributed by atoms with E-state index in [2.05, 4.69) is 23.8 Å². The van der Waals surface area contributed by atoms with Crippen LogP contribution in [0.4, 0.5) is 0 Å². The minimum absolute atomic E-state index is 0.820. The zero-order valence-electron chi connectivity index (χ0n) is 8.42. The molecular formula is C11H19N2. The number of nitrogens with zero attached hydrogens (tertiary/aromatic N) is 1. The van der Waals surface area contributed by atoms with E-state index in [4.69, 9.17) is 0 Å². The van der Waals surface area contributed by atoms with Crippen molar-refractivity contribution in [3.05, 3.63) is 25.1 Å². The molecule has 0 fully saturated rings. The number of aromatic amines is 1. The Morgan fingerprint density at radius 3 is 3.00 bits per heavy atom. The maximum Gasteiger partial charge on any atom is 0.0921 e. The summed E-state index contributed by atoms with van der Waals surface area (Å²) in [6.07, 6.45) is 9.65. The molecule has 0 amide bonds. The fraction of sp³-hybridized carbons (Fsp3) is 0.636. The Hall–Kier alpha value is -0.790. The number of imidazole rings is 1. The van der Waals surface area contributed by atoms with E-state index >= 15 is 0 Å². The zero-order chi connectivity index (χ0) is 9.52. The monoisotopic (exact) mass is 179 g/mol. The first-order valence-electron chi connectivity index (χ1n) is 5.09. The van der Waals surface area contributed by atoms with Crippen molar-refractivity contribution in [2.45, 2.75) is 39.0 Å². The van der Waals surface area contributed by atoms with E-state index in [-0.39, 0.29) is 0 Å². The Kier molecular flexibility index (Phi) is 4.58. The Morgan fingerprint density at radius 2 is 2.38 bits per heavy atom. The number of H-pyrrole nitrogens is 1. The number of rotatable bonds is 6. The molecule has 0 aliphatic rings. The highest BCUT2D eigenvalue weighted by Gasteiger charge is 2.00. The van der Waals surface area contributed by atoms with Gasteiger partial charge in [0, 0.05) is 11.9 Å². The lowest BCUT2D eigenvalue weighted by Gasteiger charge is -2.08. The summed E-state index contributed by atoms with van der Waals surface area (Å²) in [7, 11) is 0. The van der Waals surface area contributed by atoms with Crippen molar-refractivity contribution >= 4 is 0 Å². The summed E-state index contributed by atoms with van der Waals surface area (Å²) >= 11 is 0. The van der Waals surface area contributed by atoms with Gasteiger partial charge in [0.2, 0.25) is 0 Å². The SMILES string of the molecule is [CH2]CCC(C)CCCc1cnc[nH]1. The van der Waals surface area contributed by atoms with Crippen LogP contribution in [0.15, 0.2) is 12.5 Å². The molecule has 0 spiro atoms. The van der Waals surface area contributed by atoms with Gasteiger partial charge in [-0.2, -0.15) is 0 Å². The van der Waals surface area contributed by atoms with Crippen LogP contribution in [0.2, 0.25) is 0 Å². The highest BCUT2D eigenvalue weighted by molar-refractivity contribution is 4.93. The highest BCUT2D eigenvalue weighted by atomic mass is 14.9. The van der Waals surface area contributed by atoms with Gasteiger partial charge in [0.25, 0.3) is 0 Å². The van der Waals surface area contributed by atoms with Crippen LogP contribution < -0.4 is 0 Å². The number of hydrogen-bond acceptors (Lipinski definition) is 1. The van der Waals surface area contributed by atoms with Crippen molar-refractivity contribution < 1.29 is 0 Å². The second-order valence-electron chi connectivity index (χ2n) is 3.72. The van der Waals surface area contributed by atoms with Crippen LogP contribution in [0.5, 0.6) is 0 Å². The Morgan fingerprint density at radius 1 is 1.54 bits per heavy atom. The molecule has 0 aliphatic heterocycles. The van der Waals surface area contributed by atoms with Crippen molar-refractivity contribution in [1.82, 2.24) is 9.97 Å². The van der Waals surface area contributed by atoms with Gasteiger partial charge in [0.05, 0.1) is 6.33 Å². The predicted octanol–water partition coefficient (Wildman–Crippen LogP) is 2.98. The third kappa shape index (κ3) is 4.11. The topological polar surface area (TPSA) is 28.7 Å². The smallest absolute Gasteiger partial charge is 0.0921 e. The van der Waals surface area contributed by atoms with Crippen molar-refractivity contribution in [2.75, 3.05) is 0 Å². The van der Waals surface area contributed by atoms with E-state index < -0.39 is 0 Å². The average Bonchev–Trinajstić information content (AvgIpc) is 2.57. The molecular weight excluding hydrogens is 160 g/mol. The first-order valence-corrected chi connectivity index (χ1v) is 5.09. The highest BCUT2D eigenvalue weighted by Crippen LogP contribution is 2.13. The van der Waals surface area contributed by atoms with E-state index in [1.54, 1.807) is 6.33 Å². The Bertz CT molecular complexity index is 204. The van der Waals surface area contributed by atoms with Gasteiger partial charge in [-0.15, -0.1) is 0 Å². The van der Waals surface area contributed by atoms with Crippen LogP contribution in [0.3, 0.4) is 0 Å². The quantitative estimate of drug-likeness (QED) is 0.714. The molecule has 2 nitrogen and oxygen atoms in total. The molecule has 1 heterocycles. The van der Waals surface area contributed by atoms with Crippen molar-refractivity contribution in [3.63, 3.8) is 0 Å². The minimum atomic E-state index is 0.820. The number of hydrogen-bond donors (Lipinski definition) is 1. The summed E-state index contributed by atoms with van der Waals surface area (Å²) in [5.41, 5.74) is 1.25. The molecule has 2 heteroatoms. The summed E-state index contributed by atoms with van der Waals surface area (Å²) in [5.74, 6) is 0.820. The van der Waals surface area contributed by atoms with E-state index in [1.165, 1.54) is 25.0 Å². The van der Waals surface area contributed by atoms with Gasteiger partial charge in [0.15, 0.2) is 0 Å². The molecule has 0 bridgehead atoms. The molecule has 1 rings (SSSR count). The van der Waals surface area contributed by atoms with Crippen LogP contribution in [-0.4, -0.2) is 9.97 Å². The molecule has 1 atom stereocenters. The normalized spacial score (nSPS) is 13.1. The second-order valence-corrected chi connectivity index (χ2v) is 3.72. The van der Waals surface area contributed by atoms with Crippen molar-refractivity contribution in [3.8, 4) is 0 Å². The summed E-state index contributed by atoms with van der Waals surface area (Å²) in [6.45, 7) is 6.17. The van der Waals surface area contributed by atoms with Gasteiger partial charge in [-0.1, -0.05) is 33.1 Å². The van der Waals surface area contributed by atoms with Gasteiger partial charge in [-0.05, 0) is 18.8 Å². The number of nitrogens with one attached hydrogen (secondary N) is 1. The molecule has 1 N–H and O–H groups in total. The van der Waals surface area contributed by atoms with Gasteiger partial charge in [0.1, 0.15) is 0 Å². The molecule has 0 saturated heterocycles. The van der Waals surface area contributed by atoms with Crippen LogP contribution in [-0.2, 0) is 6.42 Å². The molecule has 73 valence electrons. The molecule has 1 aromatic heterocycles. The molecule has 0 aliphatic carbocycles. The van der Waals surface area contributed by atoms with Crippen molar-refractivity contribution in [2.24, 2.45) is 5.92 Å². The Labute approximate surface area is 80.8 Å². The molecule has 0 saturated carbocycles. The molecule has 13 heavy (non-hydrogen) atoms. The summed E-state index contributed by atoms with van der Waals surface area (Å²) < 4.78 is 0. The van der Waals surface area contributed by atoms with Gasteiger partial charge >= 0.3 is 0 Å². The fourth-order valence-electron chi connectivity index (χ4n) is 1.56. The third-order valence-electron chi connectivity index (χ3n) is 2.39. The molecule has 1 unspecified atom stereocenters. The van der Waals surface area contributed by atoms with Gasteiger partial charge < -0.3 is 4.98 Å². The fourth-order valence-corrected chi connectivity index (χ4v) is 1.56. The first kappa shape index (κ1) is 10.3. The number of aryl methyl sites for hydroxylation is 1. The zero-order valence-corrected chi connectivity index (χ0v) is 8.42. The van der Waals surface area contributed by atoms with E-state index in [1.807, 2.05) is 6.20 Å². The maximum atomic E-state index is 3.99. The van der Waals surface area contributed by atoms with Crippen LogP contribution in [0.1, 0.15) is 38.3 Å². The lowest BCUT2D eigenvalue weighted by Crippen LogP contribution is -1.95. The summed E-state index contributed by atoms with van der Waals surface area (Å²) in [4.78, 5) is 7.11. The van der Waals surface area contributed by atoms with Crippen LogP contribution in [0.25, 0.3) is 0 Å². The standard InChI is InChI=1S/C11H19N2/c1-3-5-10(2)6-4-7-11-8-12-9-13-11/h8-10H,1,3-7H2,2H3,(H,12,13). The first-order chi connectivity index (χ1) is 6.33. The Balaban J connectivity index is 2.07. The van der Waals surface area contributed by atoms with Crippen molar-refractivity contribution in [1.29, 1.82) is 0 Å². The summed E-state index contributed by atoms with van der Waals surface area (Å²) in [6, 6.07) is 0. The van der Waals surface area contributed by atoms with Crippen LogP contribution in [0, 0.1) is 12.8 Å². The van der Waals surface area contributed by atoms with E-state index in [0.29, 0.717) is 0 Å². The minimum Gasteiger partial charge on any atom is -0.348 e. The summed E-state index contributed by atoms with van der Waals surface area (Å²) in [5, 5.41) is 0. The van der Waals surface area contributed by atoms with E-state index in [0.717, 1.165) is 18.8 Å². The van der Waals surface area contributed by atoms with E-state index in [9.17, 15) is 0 Å². The lowest BCUT2D eigenvalue weighted by atomic mass is 9.99. The lowest BCUT2D eigenvalue weighted by molar-refractivity contribution is 0.477. The maximum absolute atomic E-state index is 3.99. The largest absolute Gasteiger partial charge is 0.348 e.